The first-order chi connectivity index (χ1) is 18.4. The van der Waals surface area contributed by atoms with Gasteiger partial charge in [-0.2, -0.15) is 0 Å². The normalized spacial score (nSPS) is 14.4. The van der Waals surface area contributed by atoms with Crippen LogP contribution in [0.4, 0.5) is 11.8 Å². The van der Waals surface area contributed by atoms with Gasteiger partial charge in [0.1, 0.15) is 0 Å². The van der Waals surface area contributed by atoms with Crippen molar-refractivity contribution in [2.24, 2.45) is 0 Å². The number of hydrogen-bond donors (Lipinski definition) is 2. The number of morpholine rings is 1. The molecule has 14 heteroatoms. The molecule has 0 bridgehead atoms. The molecular weight excluding hydrogens is 530 g/mol. The Bertz CT molecular complexity index is 1460. The maximum atomic E-state index is 11.5. The first-order valence-corrected chi connectivity index (χ1v) is 13.7. The first-order valence-electron chi connectivity index (χ1n) is 11.7. The van der Waals surface area contributed by atoms with Gasteiger partial charge in [0.2, 0.25) is 5.95 Å². The smallest absolute Gasteiger partial charge is 0.277 e. The SMILES string of the molecule is CN(Cc1cc2nc(-c3ccc(CS(=O)[O-])cc3)nc(N3CCOCC3)c2s1)c1ncc(C(=O)NO)cn1. The highest BCUT2D eigenvalue weighted by Crippen LogP contribution is 2.35. The van der Waals surface area contributed by atoms with Gasteiger partial charge in [0.05, 0.1) is 35.5 Å². The predicted octanol–water partition coefficient (Wildman–Crippen LogP) is 2.12. The molecule has 0 spiro atoms. The van der Waals surface area contributed by atoms with Gasteiger partial charge < -0.3 is 19.1 Å². The number of anilines is 2. The van der Waals surface area contributed by atoms with Crippen LogP contribution in [0.25, 0.3) is 21.6 Å². The average molecular weight is 555 g/mol. The van der Waals surface area contributed by atoms with E-state index >= 15 is 0 Å². The maximum Gasteiger partial charge on any atom is 0.277 e. The number of amides is 1. The third-order valence-electron chi connectivity index (χ3n) is 5.95. The van der Waals surface area contributed by atoms with E-state index in [1.54, 1.807) is 28.9 Å². The molecule has 0 aliphatic carbocycles. The van der Waals surface area contributed by atoms with Crippen LogP contribution < -0.4 is 15.3 Å². The zero-order chi connectivity index (χ0) is 26.6. The van der Waals surface area contributed by atoms with Gasteiger partial charge in [-0.05, 0) is 11.6 Å². The third kappa shape index (κ3) is 5.79. The predicted molar refractivity (Wildman–Crippen MR) is 142 cm³/mol. The molecule has 0 saturated carbocycles. The lowest BCUT2D eigenvalue weighted by Crippen LogP contribution is -2.36. The molecule has 4 aromatic rings. The second-order valence-electron chi connectivity index (χ2n) is 8.61. The van der Waals surface area contributed by atoms with Gasteiger partial charge >= 0.3 is 0 Å². The lowest BCUT2D eigenvalue weighted by molar-refractivity contribution is 0.0705. The van der Waals surface area contributed by atoms with E-state index in [2.05, 4.69) is 14.9 Å². The van der Waals surface area contributed by atoms with Gasteiger partial charge in [-0.15, -0.1) is 11.3 Å². The van der Waals surface area contributed by atoms with E-state index in [0.717, 1.165) is 26.5 Å². The molecule has 0 radical (unpaired) electrons. The van der Waals surface area contributed by atoms with Crippen molar-refractivity contribution in [2.45, 2.75) is 12.3 Å². The molecule has 1 unspecified atom stereocenters. The number of ether oxygens (including phenoxy) is 1. The Kier molecular flexibility index (Phi) is 7.85. The number of benzene rings is 1. The number of rotatable bonds is 8. The summed E-state index contributed by atoms with van der Waals surface area (Å²) in [5, 5.41) is 8.77. The van der Waals surface area contributed by atoms with Crippen LogP contribution in [0.3, 0.4) is 0 Å². The number of nitrogens with zero attached hydrogens (tertiary/aromatic N) is 6. The fourth-order valence-corrected chi connectivity index (χ4v) is 5.68. The van der Waals surface area contributed by atoms with Crippen LogP contribution in [0.1, 0.15) is 20.8 Å². The van der Waals surface area contributed by atoms with Gasteiger partial charge in [-0.1, -0.05) is 35.3 Å². The lowest BCUT2D eigenvalue weighted by Gasteiger charge is -2.28. The average Bonchev–Trinajstić information content (AvgIpc) is 3.35. The zero-order valence-corrected chi connectivity index (χ0v) is 22.0. The molecule has 3 aromatic heterocycles. The molecular formula is C24H24N7O5S2-. The van der Waals surface area contributed by atoms with Crippen LogP contribution in [0.15, 0.2) is 42.7 Å². The fourth-order valence-electron chi connectivity index (χ4n) is 4.05. The summed E-state index contributed by atoms with van der Waals surface area (Å²) in [5.74, 6) is 1.11. The molecule has 2 N–H and O–H groups in total. The summed E-state index contributed by atoms with van der Waals surface area (Å²) in [5.41, 5.74) is 4.02. The second kappa shape index (κ2) is 11.4. The molecule has 198 valence electrons. The van der Waals surface area contributed by atoms with E-state index in [1.807, 2.05) is 30.1 Å². The van der Waals surface area contributed by atoms with Gasteiger partial charge in [0, 0.05) is 48.7 Å². The van der Waals surface area contributed by atoms with Crippen LogP contribution in [-0.2, 0) is 28.1 Å². The van der Waals surface area contributed by atoms with E-state index in [9.17, 15) is 13.6 Å². The van der Waals surface area contributed by atoms with Gasteiger partial charge in [-0.25, -0.2) is 25.4 Å². The van der Waals surface area contributed by atoms with Crippen LogP contribution in [0.5, 0.6) is 0 Å². The number of carbonyl (C=O) groups is 1. The second-order valence-corrected chi connectivity index (χ2v) is 10.6. The van der Waals surface area contributed by atoms with E-state index in [4.69, 9.17) is 19.9 Å². The first kappa shape index (κ1) is 26.1. The van der Waals surface area contributed by atoms with Crippen LogP contribution in [0, 0.1) is 0 Å². The highest BCUT2D eigenvalue weighted by Gasteiger charge is 2.21. The monoisotopic (exact) mass is 554 g/mol. The summed E-state index contributed by atoms with van der Waals surface area (Å²) in [7, 11) is 1.85. The number of carbonyl (C=O) groups excluding carboxylic acids is 1. The third-order valence-corrected chi connectivity index (χ3v) is 7.62. The topological polar surface area (TPSA) is 157 Å². The molecule has 4 heterocycles. The van der Waals surface area contributed by atoms with Gasteiger partial charge in [-0.3, -0.25) is 14.2 Å². The zero-order valence-electron chi connectivity index (χ0n) is 20.4. The van der Waals surface area contributed by atoms with Crippen molar-refractivity contribution < 1.29 is 23.5 Å². The molecule has 1 fully saturated rings. The fraction of sp³-hybridized carbons (Fsp3) is 0.292. The standard InChI is InChI=1S/C24H25N7O5S2/c1-30(24-25-11-17(12-26-24)23(32)29-33)13-18-10-19-20(37-18)22(31-6-8-36-9-7-31)28-21(27-19)16-4-2-15(3-5-16)14-38(34)35/h2-5,10-12,33H,6-9,13-14H2,1H3,(H,29,32)(H,34,35)/p-1. The highest BCUT2D eigenvalue weighted by molar-refractivity contribution is 7.78. The number of hydroxylamine groups is 1. The minimum absolute atomic E-state index is 0.0400. The summed E-state index contributed by atoms with van der Waals surface area (Å²) >= 11 is -0.558. The van der Waals surface area contributed by atoms with E-state index in [0.29, 0.717) is 50.2 Å². The van der Waals surface area contributed by atoms with Crippen molar-refractivity contribution in [1.82, 2.24) is 25.4 Å². The summed E-state index contributed by atoms with van der Waals surface area (Å²) in [6.07, 6.45) is 2.70. The molecule has 38 heavy (non-hydrogen) atoms. The van der Waals surface area contributed by atoms with Gasteiger partial charge in [0.25, 0.3) is 5.91 Å². The molecule has 1 amide bonds. The molecule has 1 atom stereocenters. The maximum absolute atomic E-state index is 11.5. The Hall–Kier alpha value is -3.56. The summed E-state index contributed by atoms with van der Waals surface area (Å²) in [4.78, 5) is 34.8. The minimum atomic E-state index is -2.15. The van der Waals surface area contributed by atoms with Crippen LogP contribution in [-0.4, -0.2) is 73.2 Å². The molecule has 1 aliphatic rings. The number of nitrogens with one attached hydrogen (secondary N) is 1. The Morgan fingerprint density at radius 1 is 1.21 bits per heavy atom. The quantitative estimate of drug-likeness (QED) is 0.187. The van der Waals surface area contributed by atoms with Crippen molar-refractivity contribution in [3.05, 3.63) is 58.7 Å². The largest absolute Gasteiger partial charge is 0.772 e. The van der Waals surface area contributed by atoms with Crippen molar-refractivity contribution in [2.75, 3.05) is 43.2 Å². The molecule has 5 rings (SSSR count). The molecule has 12 nitrogen and oxygen atoms in total. The molecule has 1 aromatic carbocycles. The van der Waals surface area contributed by atoms with Crippen molar-refractivity contribution in [3.63, 3.8) is 0 Å². The number of fused-ring (bicyclic) bond motifs is 1. The van der Waals surface area contributed by atoms with E-state index in [-0.39, 0.29) is 11.3 Å². The highest BCUT2D eigenvalue weighted by atomic mass is 32.2. The number of aromatic nitrogens is 4. The molecule has 1 aliphatic heterocycles. The van der Waals surface area contributed by atoms with Crippen molar-refractivity contribution in [3.8, 4) is 11.4 Å². The summed E-state index contributed by atoms with van der Waals surface area (Å²) in [6, 6.07) is 9.25. The Morgan fingerprint density at radius 3 is 2.58 bits per heavy atom. The molecule has 1 saturated heterocycles. The Labute approximate surface area is 224 Å². The minimum Gasteiger partial charge on any atom is -0.772 e. The van der Waals surface area contributed by atoms with Gasteiger partial charge in [0.15, 0.2) is 11.6 Å². The van der Waals surface area contributed by atoms with Crippen molar-refractivity contribution in [1.29, 1.82) is 0 Å². The number of thiophene rings is 1. The van der Waals surface area contributed by atoms with E-state index in [1.165, 1.54) is 12.4 Å². The van der Waals surface area contributed by atoms with Crippen LogP contribution >= 0.6 is 11.3 Å². The lowest BCUT2D eigenvalue weighted by atomic mass is 10.1. The number of hydrogen-bond acceptors (Lipinski definition) is 12. The van der Waals surface area contributed by atoms with Crippen LogP contribution in [0.2, 0.25) is 0 Å². The Balaban J connectivity index is 1.46. The summed E-state index contributed by atoms with van der Waals surface area (Å²) in [6.45, 7) is 3.17. The van der Waals surface area contributed by atoms with E-state index < -0.39 is 17.0 Å². The summed E-state index contributed by atoms with van der Waals surface area (Å²) < 4.78 is 28.6. The Morgan fingerprint density at radius 2 is 1.92 bits per heavy atom. The van der Waals surface area contributed by atoms with Crippen molar-refractivity contribution >= 4 is 50.3 Å².